The van der Waals surface area contributed by atoms with Crippen molar-refractivity contribution in [3.63, 3.8) is 0 Å². The van der Waals surface area contributed by atoms with Crippen molar-refractivity contribution in [2.75, 3.05) is 0 Å². The number of pyridine rings is 1. The standard InChI is InChI=1S/C68H47ClN2/c1-68(2)62-32-13-12-26-52(62)53-34-33-45(39-63(53)68)48-38-61-60-37-47(36-59(43-17-4-3-5-18-43)66(60)71(67(61)70-41-48)50-24-16-23-49(69)40-50)44-21-14-22-46(35-44)64-55-27-8-10-29-57(55)65(58-30-11-9-28-56(58)64)54-31-15-20-42-19-6-7-25-51(42)54/h4,6-41H,3,5H2,1-2H3. The Kier molecular flexibility index (Phi) is 9.47. The second-order valence-corrected chi connectivity index (χ2v) is 20.3. The number of hydrogen-bond donors (Lipinski definition) is 0. The van der Waals surface area contributed by atoms with Crippen LogP contribution < -0.4 is 0 Å². The molecule has 2 heterocycles. The zero-order valence-electron chi connectivity index (χ0n) is 39.5. The highest BCUT2D eigenvalue weighted by Gasteiger charge is 2.35. The van der Waals surface area contributed by atoms with Crippen molar-refractivity contribution in [1.82, 2.24) is 9.55 Å². The minimum Gasteiger partial charge on any atom is -0.293 e. The van der Waals surface area contributed by atoms with Gasteiger partial charge in [0.15, 0.2) is 0 Å². The Morgan fingerprint density at radius 1 is 0.451 bits per heavy atom. The van der Waals surface area contributed by atoms with Gasteiger partial charge < -0.3 is 0 Å². The van der Waals surface area contributed by atoms with Crippen LogP contribution in [0.25, 0.3) is 121 Å². The Hall–Kier alpha value is -8.30. The molecule has 2 aliphatic carbocycles. The Labute approximate surface area is 418 Å². The lowest BCUT2D eigenvalue weighted by Gasteiger charge is -2.22. The molecule has 2 nitrogen and oxygen atoms in total. The van der Waals surface area contributed by atoms with Gasteiger partial charge in [-0.25, -0.2) is 4.98 Å². The Morgan fingerprint density at radius 2 is 1.10 bits per heavy atom. The van der Waals surface area contributed by atoms with Crippen molar-refractivity contribution in [2.24, 2.45) is 0 Å². The van der Waals surface area contributed by atoms with Gasteiger partial charge in [-0.3, -0.25) is 4.57 Å². The van der Waals surface area contributed by atoms with Crippen LogP contribution in [0, 0.1) is 0 Å². The van der Waals surface area contributed by atoms with E-state index in [4.69, 9.17) is 16.6 Å². The van der Waals surface area contributed by atoms with Crippen molar-refractivity contribution in [3.8, 4) is 61.3 Å². The van der Waals surface area contributed by atoms with E-state index in [1.807, 2.05) is 12.1 Å². The van der Waals surface area contributed by atoms with E-state index < -0.39 is 0 Å². The highest BCUT2D eigenvalue weighted by molar-refractivity contribution is 6.31. The molecule has 2 aromatic heterocycles. The monoisotopic (exact) mass is 926 g/mol. The molecule has 10 aromatic carbocycles. The summed E-state index contributed by atoms with van der Waals surface area (Å²) in [7, 11) is 0. The van der Waals surface area contributed by atoms with Gasteiger partial charge in [-0.05, 0) is 160 Å². The van der Waals surface area contributed by atoms with Gasteiger partial charge in [-0.15, -0.1) is 0 Å². The van der Waals surface area contributed by atoms with Gasteiger partial charge in [-0.2, -0.15) is 0 Å². The SMILES string of the molecule is CC1(C)c2ccccc2-c2ccc(-c3cnc4c(c3)c3cc(-c5cccc(-c6c7ccccc7c(-c7cccc8ccccc78)c7ccccc67)c5)cc(C5=CCCC=C5)c3n4-c3cccc(Cl)c3)cc21. The van der Waals surface area contributed by atoms with Gasteiger partial charge in [0, 0.05) is 44.2 Å². The maximum Gasteiger partial charge on any atom is 0.145 e. The molecule has 0 spiro atoms. The molecule has 0 amide bonds. The fourth-order valence-electron chi connectivity index (χ4n) is 12.2. The first-order valence-electron chi connectivity index (χ1n) is 24.8. The molecular formula is C68H47ClN2. The third-order valence-electron chi connectivity index (χ3n) is 15.5. The molecular weight excluding hydrogens is 880 g/mol. The van der Waals surface area contributed by atoms with Gasteiger partial charge in [0.25, 0.3) is 0 Å². The van der Waals surface area contributed by atoms with Gasteiger partial charge in [-0.1, -0.05) is 195 Å². The Balaban J connectivity index is 1.00. The summed E-state index contributed by atoms with van der Waals surface area (Å²) in [4.78, 5) is 5.40. The smallest absolute Gasteiger partial charge is 0.145 e. The molecule has 0 bridgehead atoms. The summed E-state index contributed by atoms with van der Waals surface area (Å²) in [5.74, 6) is 0. The number of halogens is 1. The maximum atomic E-state index is 6.81. The quantitative estimate of drug-likeness (QED) is 0.152. The minimum atomic E-state index is -0.112. The van der Waals surface area contributed by atoms with E-state index in [-0.39, 0.29) is 5.41 Å². The van der Waals surface area contributed by atoms with E-state index >= 15 is 0 Å². The average Bonchev–Trinajstić information content (AvgIpc) is 3.87. The van der Waals surface area contributed by atoms with Crippen molar-refractivity contribution in [2.45, 2.75) is 32.1 Å². The predicted octanol–water partition coefficient (Wildman–Crippen LogP) is 19.0. The van der Waals surface area contributed by atoms with Crippen molar-refractivity contribution >= 4 is 71.4 Å². The number of hydrogen-bond acceptors (Lipinski definition) is 1. The fourth-order valence-corrected chi connectivity index (χ4v) is 12.3. The van der Waals surface area contributed by atoms with Gasteiger partial charge in [0.2, 0.25) is 0 Å². The molecule has 0 aliphatic heterocycles. The summed E-state index contributed by atoms with van der Waals surface area (Å²) in [5.41, 5.74) is 20.2. The Morgan fingerprint density at radius 3 is 1.89 bits per heavy atom. The van der Waals surface area contributed by atoms with Gasteiger partial charge in [0.1, 0.15) is 5.65 Å². The van der Waals surface area contributed by atoms with Crippen LogP contribution in [0.1, 0.15) is 43.4 Å². The van der Waals surface area contributed by atoms with Crippen LogP contribution in [0.5, 0.6) is 0 Å². The first-order chi connectivity index (χ1) is 34.9. The van der Waals surface area contributed by atoms with Crippen LogP contribution in [-0.2, 0) is 5.41 Å². The fraction of sp³-hybridized carbons (Fsp3) is 0.0735. The van der Waals surface area contributed by atoms with E-state index in [1.165, 1.54) is 88.0 Å². The number of fused-ring (bicyclic) bond motifs is 9. The second kappa shape index (κ2) is 16.1. The molecule has 3 heteroatoms. The normalized spacial score (nSPS) is 13.9. The molecule has 0 saturated heterocycles. The number of rotatable bonds is 6. The highest BCUT2D eigenvalue weighted by atomic mass is 35.5. The molecule has 14 rings (SSSR count). The number of aromatic nitrogens is 2. The predicted molar refractivity (Wildman–Crippen MR) is 302 cm³/mol. The summed E-state index contributed by atoms with van der Waals surface area (Å²) in [6.07, 6.45) is 11.1. The summed E-state index contributed by atoms with van der Waals surface area (Å²) in [6, 6.07) is 73.8. The molecule has 0 unspecified atom stereocenters. The maximum absolute atomic E-state index is 6.81. The van der Waals surface area contributed by atoms with Crippen molar-refractivity contribution in [1.29, 1.82) is 0 Å². The highest BCUT2D eigenvalue weighted by Crippen LogP contribution is 2.51. The number of allylic oxidation sites excluding steroid dienone is 4. The lowest BCUT2D eigenvalue weighted by Crippen LogP contribution is -2.14. The van der Waals surface area contributed by atoms with Crippen LogP contribution in [0.2, 0.25) is 5.02 Å². The molecule has 0 saturated carbocycles. The first kappa shape index (κ1) is 41.7. The largest absolute Gasteiger partial charge is 0.293 e. The molecule has 0 N–H and O–H groups in total. The van der Waals surface area contributed by atoms with Crippen molar-refractivity contribution < 1.29 is 0 Å². The van der Waals surface area contributed by atoms with Crippen LogP contribution in [0.3, 0.4) is 0 Å². The van der Waals surface area contributed by atoms with Crippen molar-refractivity contribution in [3.05, 3.63) is 246 Å². The average molecular weight is 928 g/mol. The van der Waals surface area contributed by atoms with Crippen LogP contribution >= 0.6 is 11.6 Å². The summed E-state index contributed by atoms with van der Waals surface area (Å²) >= 11 is 6.81. The lowest BCUT2D eigenvalue weighted by atomic mass is 9.81. The minimum absolute atomic E-state index is 0.112. The van der Waals surface area contributed by atoms with Crippen LogP contribution in [0.15, 0.2) is 225 Å². The molecule has 0 fully saturated rings. The zero-order chi connectivity index (χ0) is 47.4. The molecule has 0 atom stereocenters. The Bertz CT molecular complexity index is 4210. The summed E-state index contributed by atoms with van der Waals surface area (Å²) in [6.45, 7) is 4.69. The van der Waals surface area contributed by atoms with Gasteiger partial charge in [0.05, 0.1) is 5.52 Å². The molecule has 2 aliphatic rings. The first-order valence-corrected chi connectivity index (χ1v) is 25.2. The van der Waals surface area contributed by atoms with E-state index in [0.717, 1.165) is 62.7 Å². The number of benzene rings is 10. The molecule has 336 valence electrons. The third-order valence-corrected chi connectivity index (χ3v) is 15.7. The summed E-state index contributed by atoms with van der Waals surface area (Å²) in [5, 5.41) is 10.4. The molecule has 71 heavy (non-hydrogen) atoms. The summed E-state index contributed by atoms with van der Waals surface area (Å²) < 4.78 is 2.33. The van der Waals surface area contributed by atoms with E-state index in [0.29, 0.717) is 5.02 Å². The van der Waals surface area contributed by atoms with E-state index in [9.17, 15) is 0 Å². The topological polar surface area (TPSA) is 17.8 Å². The second-order valence-electron chi connectivity index (χ2n) is 19.8. The van der Waals surface area contributed by atoms with E-state index in [2.05, 4.69) is 231 Å². The van der Waals surface area contributed by atoms with E-state index in [1.54, 1.807) is 0 Å². The third kappa shape index (κ3) is 6.52. The van der Waals surface area contributed by atoms with Crippen LogP contribution in [0.4, 0.5) is 0 Å². The lowest BCUT2D eigenvalue weighted by molar-refractivity contribution is 0.660. The number of nitrogens with zero attached hydrogens (tertiary/aromatic N) is 2. The van der Waals surface area contributed by atoms with Gasteiger partial charge >= 0.3 is 0 Å². The zero-order valence-corrected chi connectivity index (χ0v) is 40.3. The van der Waals surface area contributed by atoms with Crippen LogP contribution in [-0.4, -0.2) is 9.55 Å². The molecule has 0 radical (unpaired) electrons. The molecule has 12 aromatic rings.